The van der Waals surface area contributed by atoms with E-state index >= 15 is 0 Å². The summed E-state index contributed by atoms with van der Waals surface area (Å²) in [7, 11) is 0. The van der Waals surface area contributed by atoms with Crippen molar-refractivity contribution < 1.29 is 4.92 Å². The van der Waals surface area contributed by atoms with Crippen molar-refractivity contribution in [2.45, 2.75) is 6.92 Å². The monoisotopic (exact) mass is 266 g/mol. The second kappa shape index (κ2) is 5.75. The van der Waals surface area contributed by atoms with Crippen LogP contribution in [-0.4, -0.2) is 28.0 Å². The van der Waals surface area contributed by atoms with E-state index in [0.29, 0.717) is 0 Å². The number of nitrogens with zero attached hydrogens (tertiary/aromatic N) is 6. The molecular weight excluding hydrogens is 260 g/mol. The molecule has 0 fully saturated rings. The van der Waals surface area contributed by atoms with Crippen molar-refractivity contribution in [1.29, 1.82) is 10.5 Å². The van der Waals surface area contributed by atoms with Crippen molar-refractivity contribution >= 4 is 23.1 Å². The third-order valence-electron chi connectivity index (χ3n) is 2.02. The zero-order valence-corrected chi connectivity index (χ0v) is 10.0. The predicted molar refractivity (Wildman–Crippen MR) is 61.9 cm³/mol. The first-order chi connectivity index (χ1) is 8.51. The van der Waals surface area contributed by atoms with Gasteiger partial charge in [-0.15, -0.1) is 0 Å². The Morgan fingerprint density at radius 2 is 1.94 bits per heavy atom. The average molecular weight is 267 g/mol. The highest BCUT2D eigenvalue weighted by Gasteiger charge is 2.26. The van der Waals surface area contributed by atoms with Gasteiger partial charge >= 0.3 is 5.69 Å². The molecule has 1 aromatic heterocycles. The van der Waals surface area contributed by atoms with E-state index in [9.17, 15) is 10.1 Å². The number of aryl methyl sites for hydroxylation is 1. The zero-order chi connectivity index (χ0) is 13.7. The lowest BCUT2D eigenvalue weighted by Gasteiger charge is -2.17. The van der Waals surface area contributed by atoms with E-state index in [4.69, 9.17) is 22.1 Å². The Bertz CT molecular complexity index is 545. The molecule has 1 aromatic rings. The molecule has 0 aliphatic carbocycles. The zero-order valence-electron chi connectivity index (χ0n) is 9.29. The average Bonchev–Trinajstić information content (AvgIpc) is 2.26. The van der Waals surface area contributed by atoms with Gasteiger partial charge in [0.1, 0.15) is 18.8 Å². The van der Waals surface area contributed by atoms with E-state index in [1.807, 2.05) is 0 Å². The lowest BCUT2D eigenvalue weighted by Crippen LogP contribution is -2.26. The largest absolute Gasteiger partial charge is 0.332 e. The van der Waals surface area contributed by atoms with Gasteiger partial charge in [-0.25, -0.2) is 4.98 Å². The van der Waals surface area contributed by atoms with Crippen molar-refractivity contribution in [2.75, 3.05) is 18.0 Å². The number of hydrogen-bond donors (Lipinski definition) is 0. The summed E-state index contributed by atoms with van der Waals surface area (Å²) in [5.74, 6) is -0.124. The number of halogens is 1. The SMILES string of the molecule is Cc1nc(Cl)nc(N(CC#N)CC#N)c1[N+](=O)[O-]. The van der Waals surface area contributed by atoms with Gasteiger partial charge in [0.15, 0.2) is 0 Å². The molecule has 0 unspecified atom stereocenters. The molecule has 0 radical (unpaired) electrons. The van der Waals surface area contributed by atoms with E-state index in [0.717, 1.165) is 0 Å². The maximum absolute atomic E-state index is 11.0. The molecule has 0 bridgehead atoms. The predicted octanol–water partition coefficient (Wildman–Crippen LogP) is 1.20. The number of aromatic nitrogens is 2. The third-order valence-corrected chi connectivity index (χ3v) is 2.19. The summed E-state index contributed by atoms with van der Waals surface area (Å²) >= 11 is 5.63. The van der Waals surface area contributed by atoms with Gasteiger partial charge in [0.2, 0.25) is 11.1 Å². The summed E-state index contributed by atoms with van der Waals surface area (Å²) in [5, 5.41) is 28.1. The van der Waals surface area contributed by atoms with Crippen molar-refractivity contribution in [2.24, 2.45) is 0 Å². The van der Waals surface area contributed by atoms with Gasteiger partial charge in [-0.05, 0) is 18.5 Å². The molecule has 0 saturated heterocycles. The second-order valence-corrected chi connectivity index (χ2v) is 3.52. The first-order valence-electron chi connectivity index (χ1n) is 4.68. The van der Waals surface area contributed by atoms with E-state index in [2.05, 4.69) is 9.97 Å². The van der Waals surface area contributed by atoms with Crippen LogP contribution in [0.4, 0.5) is 11.5 Å². The molecule has 0 atom stereocenters. The molecular formula is C9H7ClN6O2. The van der Waals surface area contributed by atoms with E-state index < -0.39 is 4.92 Å². The molecule has 0 amide bonds. The summed E-state index contributed by atoms with van der Waals surface area (Å²) in [6, 6.07) is 3.61. The number of anilines is 1. The Morgan fingerprint density at radius 1 is 1.39 bits per heavy atom. The summed E-state index contributed by atoms with van der Waals surface area (Å²) in [4.78, 5) is 18.9. The number of rotatable bonds is 4. The van der Waals surface area contributed by atoms with Crippen LogP contribution in [0.2, 0.25) is 5.28 Å². The molecule has 0 aromatic carbocycles. The smallest absolute Gasteiger partial charge is 0.324 e. The van der Waals surface area contributed by atoms with E-state index in [1.54, 1.807) is 12.1 Å². The Hall–Kier alpha value is -2.45. The Labute approximate surface area is 107 Å². The summed E-state index contributed by atoms with van der Waals surface area (Å²) in [5.41, 5.74) is -0.277. The topological polar surface area (TPSA) is 120 Å². The number of hydrogen-bond acceptors (Lipinski definition) is 7. The maximum atomic E-state index is 11.0. The van der Waals surface area contributed by atoms with Gasteiger partial charge in [0.05, 0.1) is 17.1 Å². The Kier molecular flexibility index (Phi) is 4.35. The van der Waals surface area contributed by atoms with Crippen LogP contribution in [0.15, 0.2) is 0 Å². The van der Waals surface area contributed by atoms with Crippen LogP contribution >= 0.6 is 11.6 Å². The van der Waals surface area contributed by atoms with E-state index in [-0.39, 0.29) is 35.6 Å². The molecule has 0 aliphatic heterocycles. The molecule has 0 aliphatic rings. The molecule has 1 rings (SSSR count). The molecule has 0 saturated carbocycles. The molecule has 8 nitrogen and oxygen atoms in total. The second-order valence-electron chi connectivity index (χ2n) is 3.18. The maximum Gasteiger partial charge on any atom is 0.332 e. The quantitative estimate of drug-likeness (QED) is 0.347. The van der Waals surface area contributed by atoms with Crippen LogP contribution in [0.3, 0.4) is 0 Å². The molecule has 0 spiro atoms. The minimum absolute atomic E-state index is 0.0795. The van der Waals surface area contributed by atoms with Crippen molar-refractivity contribution in [3.8, 4) is 12.1 Å². The van der Waals surface area contributed by atoms with Gasteiger partial charge in [-0.2, -0.15) is 15.5 Å². The molecule has 92 valence electrons. The van der Waals surface area contributed by atoms with Crippen LogP contribution in [0, 0.1) is 39.7 Å². The number of nitriles is 2. The third kappa shape index (κ3) is 2.81. The highest BCUT2D eigenvalue weighted by Crippen LogP contribution is 2.29. The van der Waals surface area contributed by atoms with Gasteiger partial charge in [0.25, 0.3) is 0 Å². The van der Waals surface area contributed by atoms with Gasteiger partial charge in [-0.3, -0.25) is 10.1 Å². The molecule has 9 heteroatoms. The van der Waals surface area contributed by atoms with Crippen molar-refractivity contribution in [3.63, 3.8) is 0 Å². The molecule has 0 N–H and O–H groups in total. The van der Waals surface area contributed by atoms with E-state index in [1.165, 1.54) is 11.8 Å². The fourth-order valence-corrected chi connectivity index (χ4v) is 1.54. The fraction of sp³-hybridized carbons (Fsp3) is 0.333. The van der Waals surface area contributed by atoms with Gasteiger partial charge < -0.3 is 4.90 Å². The molecule has 1 heterocycles. The lowest BCUT2D eigenvalue weighted by molar-refractivity contribution is -0.385. The minimum Gasteiger partial charge on any atom is -0.324 e. The first kappa shape index (κ1) is 13.6. The van der Waals surface area contributed by atoms with Crippen LogP contribution < -0.4 is 4.90 Å². The highest BCUT2D eigenvalue weighted by atomic mass is 35.5. The van der Waals surface area contributed by atoms with Gasteiger partial charge in [0, 0.05) is 0 Å². The number of nitro groups is 1. The van der Waals surface area contributed by atoms with Crippen LogP contribution in [0.5, 0.6) is 0 Å². The van der Waals surface area contributed by atoms with Crippen LogP contribution in [0.25, 0.3) is 0 Å². The van der Waals surface area contributed by atoms with Crippen LogP contribution in [-0.2, 0) is 0 Å². The van der Waals surface area contributed by atoms with Gasteiger partial charge in [-0.1, -0.05) is 0 Å². The lowest BCUT2D eigenvalue weighted by atomic mass is 10.3. The summed E-state index contributed by atoms with van der Waals surface area (Å²) < 4.78 is 0. The Balaban J connectivity index is 3.41. The normalized spacial score (nSPS) is 9.33. The standard InChI is InChI=1S/C9H7ClN6O2/c1-6-7(16(17)18)8(14-9(10)13-6)15(4-2-11)5-3-12/h4-5H2,1H3. The van der Waals surface area contributed by atoms with Crippen molar-refractivity contribution in [3.05, 3.63) is 21.1 Å². The summed E-state index contributed by atoms with van der Waals surface area (Å²) in [6.45, 7) is 0.995. The molecule has 18 heavy (non-hydrogen) atoms. The summed E-state index contributed by atoms with van der Waals surface area (Å²) in [6.07, 6.45) is 0. The highest BCUT2D eigenvalue weighted by molar-refractivity contribution is 6.28. The van der Waals surface area contributed by atoms with Crippen LogP contribution in [0.1, 0.15) is 5.69 Å². The first-order valence-corrected chi connectivity index (χ1v) is 5.06. The fourth-order valence-electron chi connectivity index (χ4n) is 1.33. The Morgan fingerprint density at radius 3 is 2.39 bits per heavy atom. The minimum atomic E-state index is -0.664. The van der Waals surface area contributed by atoms with Crippen molar-refractivity contribution in [1.82, 2.24) is 9.97 Å².